The van der Waals surface area contributed by atoms with Gasteiger partial charge in [-0.1, -0.05) is 6.08 Å². The third-order valence-corrected chi connectivity index (χ3v) is 1.42. The van der Waals surface area contributed by atoms with Crippen molar-refractivity contribution in [2.24, 2.45) is 0 Å². The highest BCUT2D eigenvalue weighted by Gasteiger charge is 2.37. The second-order valence-corrected chi connectivity index (χ2v) is 2.47. The summed E-state index contributed by atoms with van der Waals surface area (Å²) in [5.41, 5.74) is -2.26. The molecule has 0 amide bonds. The predicted molar refractivity (Wildman–Crippen MR) is 40.7 cm³/mol. The van der Waals surface area contributed by atoms with Gasteiger partial charge in [0.05, 0.1) is 6.42 Å². The van der Waals surface area contributed by atoms with Crippen molar-refractivity contribution in [1.29, 1.82) is 0 Å². The molecule has 0 heterocycles. The van der Waals surface area contributed by atoms with E-state index in [1.54, 1.807) is 0 Å². The number of hydrogen-bond acceptors (Lipinski definition) is 5. The Balaban J connectivity index is 4.49. The van der Waals surface area contributed by atoms with Crippen LogP contribution in [0.2, 0.25) is 0 Å². The molecule has 1 atom stereocenters. The molecule has 13 heavy (non-hydrogen) atoms. The molecule has 1 unspecified atom stereocenters. The minimum Gasteiger partial charge on any atom is -0.479 e. The molecule has 0 aromatic rings. The highest BCUT2D eigenvalue weighted by Crippen LogP contribution is 2.16. The molecule has 0 spiro atoms. The molecule has 3 N–H and O–H groups in total. The molecule has 0 aliphatic heterocycles. The summed E-state index contributed by atoms with van der Waals surface area (Å²) in [6.45, 7) is 3.22. The van der Waals surface area contributed by atoms with Crippen molar-refractivity contribution in [3.63, 3.8) is 0 Å². The van der Waals surface area contributed by atoms with Crippen molar-refractivity contribution in [3.05, 3.63) is 12.7 Å². The van der Waals surface area contributed by atoms with Crippen LogP contribution in [0.4, 0.5) is 0 Å². The molecular formula is C7H10O6. The van der Waals surface area contributed by atoms with Crippen LogP contribution < -0.4 is 0 Å². The Morgan fingerprint density at radius 1 is 1.54 bits per heavy atom. The maximum Gasteiger partial charge on any atom is 0.345 e. The fourth-order valence-electron chi connectivity index (χ4n) is 0.745. The largest absolute Gasteiger partial charge is 0.479 e. The van der Waals surface area contributed by atoms with E-state index in [4.69, 9.17) is 10.4 Å². The zero-order chi connectivity index (χ0) is 10.5. The van der Waals surface area contributed by atoms with Crippen molar-refractivity contribution in [2.45, 2.75) is 18.4 Å². The summed E-state index contributed by atoms with van der Waals surface area (Å²) >= 11 is 0. The lowest BCUT2D eigenvalue weighted by Gasteiger charge is -2.19. The van der Waals surface area contributed by atoms with Gasteiger partial charge in [-0.15, -0.1) is 6.58 Å². The summed E-state index contributed by atoms with van der Waals surface area (Å²) in [5, 5.41) is 25.7. The van der Waals surface area contributed by atoms with Crippen LogP contribution in [0.15, 0.2) is 12.7 Å². The van der Waals surface area contributed by atoms with Crippen LogP contribution in [0.3, 0.4) is 0 Å². The predicted octanol–water partition coefficient (Wildman–Crippen LogP) is -0.216. The van der Waals surface area contributed by atoms with Crippen LogP contribution in [-0.4, -0.2) is 33.0 Å². The molecule has 0 bridgehead atoms. The lowest BCUT2D eigenvalue weighted by Crippen LogP contribution is -2.40. The zero-order valence-electron chi connectivity index (χ0n) is 6.77. The number of carboxylic acids is 1. The lowest BCUT2D eigenvalue weighted by atomic mass is 9.96. The first kappa shape index (κ1) is 11.6. The van der Waals surface area contributed by atoms with Crippen molar-refractivity contribution >= 4 is 11.9 Å². The van der Waals surface area contributed by atoms with E-state index in [0.29, 0.717) is 0 Å². The number of rotatable bonds is 5. The van der Waals surface area contributed by atoms with E-state index < -0.39 is 24.0 Å². The summed E-state index contributed by atoms with van der Waals surface area (Å²) in [4.78, 5) is 24.2. The standard InChI is InChI=1S/C7H10O6/c1-2-3-7(11,6(9)10)4-5(8)13-12/h2,11-12H,1,3-4H2,(H,9,10). The van der Waals surface area contributed by atoms with Gasteiger partial charge in [0.1, 0.15) is 0 Å². The highest BCUT2D eigenvalue weighted by atomic mass is 17.1. The van der Waals surface area contributed by atoms with Crippen LogP contribution in [-0.2, 0) is 14.5 Å². The van der Waals surface area contributed by atoms with E-state index in [2.05, 4.69) is 11.5 Å². The fraction of sp³-hybridized carbons (Fsp3) is 0.429. The SMILES string of the molecule is C=CCC(O)(CC(=O)OO)C(=O)O. The Labute approximate surface area is 74.0 Å². The minimum absolute atomic E-state index is 0.308. The molecule has 0 saturated heterocycles. The molecular weight excluding hydrogens is 180 g/mol. The number of aliphatic carboxylic acids is 1. The number of carbonyl (C=O) groups excluding carboxylic acids is 1. The molecule has 0 aromatic heterocycles. The Hall–Kier alpha value is -1.40. The van der Waals surface area contributed by atoms with Gasteiger partial charge in [-0.3, -0.25) is 0 Å². The fourth-order valence-corrected chi connectivity index (χ4v) is 0.745. The smallest absolute Gasteiger partial charge is 0.345 e. The topological polar surface area (TPSA) is 104 Å². The van der Waals surface area contributed by atoms with E-state index >= 15 is 0 Å². The Morgan fingerprint density at radius 2 is 2.08 bits per heavy atom. The number of aliphatic hydroxyl groups is 1. The third kappa shape index (κ3) is 3.22. The van der Waals surface area contributed by atoms with Gasteiger partial charge in [0.25, 0.3) is 0 Å². The van der Waals surface area contributed by atoms with Crippen molar-refractivity contribution < 1.29 is 29.9 Å². The molecule has 6 nitrogen and oxygen atoms in total. The average Bonchev–Trinajstić information content (AvgIpc) is 2.04. The Bertz CT molecular complexity index is 223. The summed E-state index contributed by atoms with van der Waals surface area (Å²) in [5.74, 6) is -2.79. The van der Waals surface area contributed by atoms with Gasteiger partial charge in [0, 0.05) is 6.42 Å². The monoisotopic (exact) mass is 190 g/mol. The Kier molecular flexibility index (Phi) is 4.09. The second kappa shape index (κ2) is 4.58. The molecule has 0 radical (unpaired) electrons. The first-order chi connectivity index (χ1) is 5.96. The van der Waals surface area contributed by atoms with Gasteiger partial charge >= 0.3 is 11.9 Å². The minimum atomic E-state index is -2.26. The Morgan fingerprint density at radius 3 is 2.38 bits per heavy atom. The van der Waals surface area contributed by atoms with E-state index in [1.165, 1.54) is 0 Å². The maximum atomic E-state index is 10.5. The van der Waals surface area contributed by atoms with Crippen molar-refractivity contribution in [3.8, 4) is 0 Å². The first-order valence-electron chi connectivity index (χ1n) is 3.37. The van der Waals surface area contributed by atoms with Crippen molar-refractivity contribution in [1.82, 2.24) is 0 Å². The number of hydrogen-bond donors (Lipinski definition) is 3. The number of carboxylic acid groups (broad SMARTS) is 1. The van der Waals surface area contributed by atoms with E-state index in [-0.39, 0.29) is 6.42 Å². The molecule has 0 fully saturated rings. The van der Waals surface area contributed by atoms with Crippen LogP contribution in [0.25, 0.3) is 0 Å². The summed E-state index contributed by atoms with van der Waals surface area (Å²) in [6.07, 6.45) is 0.0149. The molecule has 0 aromatic carbocycles. The number of carbonyl (C=O) groups is 2. The summed E-state index contributed by atoms with van der Waals surface area (Å²) < 4.78 is 0. The van der Waals surface area contributed by atoms with E-state index in [0.717, 1.165) is 6.08 Å². The quantitative estimate of drug-likeness (QED) is 0.314. The van der Waals surface area contributed by atoms with Crippen molar-refractivity contribution in [2.75, 3.05) is 0 Å². The van der Waals surface area contributed by atoms with Gasteiger partial charge in [-0.05, 0) is 0 Å². The maximum absolute atomic E-state index is 10.5. The van der Waals surface area contributed by atoms with Gasteiger partial charge in [-0.25, -0.2) is 9.59 Å². The van der Waals surface area contributed by atoms with E-state index in [1.807, 2.05) is 0 Å². The van der Waals surface area contributed by atoms with Gasteiger partial charge in [-0.2, -0.15) is 5.26 Å². The average molecular weight is 190 g/mol. The first-order valence-corrected chi connectivity index (χ1v) is 3.37. The molecule has 74 valence electrons. The molecule has 0 aliphatic carbocycles. The van der Waals surface area contributed by atoms with Crippen LogP contribution in [0.1, 0.15) is 12.8 Å². The lowest BCUT2D eigenvalue weighted by molar-refractivity contribution is -0.238. The van der Waals surface area contributed by atoms with Crippen LogP contribution in [0, 0.1) is 0 Å². The van der Waals surface area contributed by atoms with Gasteiger partial charge in [0.2, 0.25) is 0 Å². The molecule has 6 heteroatoms. The normalized spacial score (nSPS) is 14.3. The third-order valence-electron chi connectivity index (χ3n) is 1.42. The second-order valence-electron chi connectivity index (χ2n) is 2.47. The molecule has 0 rings (SSSR count). The summed E-state index contributed by atoms with van der Waals surface area (Å²) in [6, 6.07) is 0. The summed E-state index contributed by atoms with van der Waals surface area (Å²) in [7, 11) is 0. The van der Waals surface area contributed by atoms with Gasteiger partial charge < -0.3 is 15.1 Å². The van der Waals surface area contributed by atoms with Gasteiger partial charge in [0.15, 0.2) is 5.60 Å². The highest BCUT2D eigenvalue weighted by molar-refractivity contribution is 5.84. The molecule has 0 aliphatic rings. The van der Waals surface area contributed by atoms with Crippen LogP contribution in [0.5, 0.6) is 0 Å². The van der Waals surface area contributed by atoms with Crippen LogP contribution >= 0.6 is 0 Å². The van der Waals surface area contributed by atoms with E-state index in [9.17, 15) is 14.7 Å². The molecule has 0 saturated carbocycles. The zero-order valence-corrected chi connectivity index (χ0v) is 6.77.